The first-order chi connectivity index (χ1) is 8.11. The van der Waals surface area contributed by atoms with Crippen LogP contribution in [-0.4, -0.2) is 16.7 Å². The molecule has 0 amide bonds. The molecule has 3 nitrogen and oxygen atoms in total. The van der Waals surface area contributed by atoms with Crippen LogP contribution in [0.25, 0.3) is 10.6 Å². The quantitative estimate of drug-likeness (QED) is 0.877. The molecule has 3 N–H and O–H groups in total. The summed E-state index contributed by atoms with van der Waals surface area (Å²) in [6, 6.07) is 5.92. The summed E-state index contributed by atoms with van der Waals surface area (Å²) in [5, 5.41) is 11.9. The number of hydrogen-bond acceptors (Lipinski definition) is 4. The minimum absolute atomic E-state index is 0.0734. The van der Waals surface area contributed by atoms with E-state index in [1.54, 1.807) is 11.3 Å². The Bertz CT molecular complexity index is 522. The molecular weight excluding hydrogens is 232 g/mol. The molecule has 2 rings (SSSR count). The SMILES string of the molecule is Cc1ccc(-c2nc(C(N)CO)cs2)c(C)c1. The van der Waals surface area contributed by atoms with Gasteiger partial charge in [-0.3, -0.25) is 0 Å². The highest BCUT2D eigenvalue weighted by atomic mass is 32.1. The largest absolute Gasteiger partial charge is 0.394 e. The van der Waals surface area contributed by atoms with Crippen molar-refractivity contribution in [3.05, 3.63) is 40.4 Å². The zero-order valence-electron chi connectivity index (χ0n) is 9.97. The van der Waals surface area contributed by atoms with E-state index in [1.807, 2.05) is 5.38 Å². The summed E-state index contributed by atoms with van der Waals surface area (Å²) in [5.41, 5.74) is 10.1. The summed E-state index contributed by atoms with van der Waals surface area (Å²) in [6.45, 7) is 4.08. The summed E-state index contributed by atoms with van der Waals surface area (Å²) >= 11 is 1.56. The molecule has 0 radical (unpaired) electrons. The van der Waals surface area contributed by atoms with Crippen LogP contribution in [0, 0.1) is 13.8 Å². The molecule has 0 aliphatic rings. The fraction of sp³-hybridized carbons (Fsp3) is 0.308. The molecule has 0 bridgehead atoms. The predicted molar refractivity (Wildman–Crippen MR) is 71.0 cm³/mol. The van der Waals surface area contributed by atoms with Crippen LogP contribution in [0.4, 0.5) is 0 Å². The predicted octanol–water partition coefficient (Wildman–Crippen LogP) is 2.42. The Morgan fingerprint density at radius 1 is 1.41 bits per heavy atom. The summed E-state index contributed by atoms with van der Waals surface area (Å²) in [5.74, 6) is 0. The minimum Gasteiger partial charge on any atom is -0.394 e. The molecule has 17 heavy (non-hydrogen) atoms. The van der Waals surface area contributed by atoms with Crippen molar-refractivity contribution >= 4 is 11.3 Å². The van der Waals surface area contributed by atoms with Gasteiger partial charge in [0, 0.05) is 10.9 Å². The van der Waals surface area contributed by atoms with Gasteiger partial charge in [-0.05, 0) is 19.4 Å². The lowest BCUT2D eigenvalue weighted by molar-refractivity contribution is 0.266. The van der Waals surface area contributed by atoms with Crippen LogP contribution in [0.15, 0.2) is 23.6 Å². The van der Waals surface area contributed by atoms with Crippen molar-refractivity contribution in [2.75, 3.05) is 6.61 Å². The molecule has 2 aromatic rings. The smallest absolute Gasteiger partial charge is 0.123 e. The van der Waals surface area contributed by atoms with E-state index in [2.05, 4.69) is 37.0 Å². The van der Waals surface area contributed by atoms with Crippen LogP contribution in [0.2, 0.25) is 0 Å². The van der Waals surface area contributed by atoms with Crippen molar-refractivity contribution in [3.63, 3.8) is 0 Å². The normalized spacial score (nSPS) is 12.7. The molecule has 1 atom stereocenters. The Morgan fingerprint density at radius 3 is 2.82 bits per heavy atom. The third-order valence-corrected chi connectivity index (χ3v) is 3.60. The molecular formula is C13H16N2OS. The van der Waals surface area contributed by atoms with E-state index >= 15 is 0 Å². The number of hydrogen-bond donors (Lipinski definition) is 2. The van der Waals surface area contributed by atoms with Gasteiger partial charge in [0.25, 0.3) is 0 Å². The first-order valence-corrected chi connectivity index (χ1v) is 6.39. The van der Waals surface area contributed by atoms with Gasteiger partial charge in [-0.1, -0.05) is 23.8 Å². The fourth-order valence-electron chi connectivity index (χ4n) is 1.73. The Morgan fingerprint density at radius 2 is 2.18 bits per heavy atom. The molecule has 1 aromatic carbocycles. The van der Waals surface area contributed by atoms with Crippen LogP contribution in [0.1, 0.15) is 22.9 Å². The zero-order valence-corrected chi connectivity index (χ0v) is 10.8. The molecule has 0 saturated carbocycles. The molecule has 4 heteroatoms. The van der Waals surface area contributed by atoms with Gasteiger partial charge in [0.15, 0.2) is 0 Å². The number of aliphatic hydroxyl groups is 1. The highest BCUT2D eigenvalue weighted by Gasteiger charge is 2.11. The summed E-state index contributed by atoms with van der Waals surface area (Å²) < 4.78 is 0. The Labute approximate surface area is 105 Å². The molecule has 1 unspecified atom stereocenters. The average Bonchev–Trinajstić information content (AvgIpc) is 2.77. The van der Waals surface area contributed by atoms with E-state index in [0.717, 1.165) is 16.3 Å². The number of aliphatic hydroxyl groups excluding tert-OH is 1. The first kappa shape index (κ1) is 12.2. The van der Waals surface area contributed by atoms with Gasteiger partial charge in [0.2, 0.25) is 0 Å². The molecule has 0 fully saturated rings. The summed E-state index contributed by atoms with van der Waals surface area (Å²) in [7, 11) is 0. The minimum atomic E-state index is -0.384. The second-order valence-corrected chi connectivity index (χ2v) is 5.04. The Hall–Kier alpha value is -1.23. The molecule has 0 spiro atoms. The van der Waals surface area contributed by atoms with Crippen molar-refractivity contribution in [1.29, 1.82) is 0 Å². The molecule has 0 saturated heterocycles. The summed E-state index contributed by atoms with van der Waals surface area (Å²) in [6.07, 6.45) is 0. The van der Waals surface area contributed by atoms with E-state index in [9.17, 15) is 0 Å². The molecule has 90 valence electrons. The maximum atomic E-state index is 9.00. The number of aromatic nitrogens is 1. The second-order valence-electron chi connectivity index (χ2n) is 4.18. The average molecular weight is 248 g/mol. The highest BCUT2D eigenvalue weighted by Crippen LogP contribution is 2.28. The van der Waals surface area contributed by atoms with Gasteiger partial charge in [0.05, 0.1) is 18.3 Å². The number of rotatable bonds is 3. The lowest BCUT2D eigenvalue weighted by Gasteiger charge is -2.04. The molecule has 0 aliphatic heterocycles. The fourth-order valence-corrected chi connectivity index (χ4v) is 2.70. The molecule has 1 aromatic heterocycles. The maximum Gasteiger partial charge on any atom is 0.123 e. The van der Waals surface area contributed by atoms with Crippen molar-refractivity contribution < 1.29 is 5.11 Å². The monoisotopic (exact) mass is 248 g/mol. The van der Waals surface area contributed by atoms with Gasteiger partial charge in [-0.15, -0.1) is 11.3 Å². The van der Waals surface area contributed by atoms with Crippen molar-refractivity contribution in [1.82, 2.24) is 4.98 Å². The number of aryl methyl sites for hydroxylation is 2. The van der Waals surface area contributed by atoms with Gasteiger partial charge >= 0.3 is 0 Å². The van der Waals surface area contributed by atoms with Crippen LogP contribution in [-0.2, 0) is 0 Å². The van der Waals surface area contributed by atoms with E-state index in [1.165, 1.54) is 11.1 Å². The third kappa shape index (κ3) is 2.54. The first-order valence-electron chi connectivity index (χ1n) is 5.51. The van der Waals surface area contributed by atoms with E-state index in [-0.39, 0.29) is 12.6 Å². The molecule has 1 heterocycles. The van der Waals surface area contributed by atoms with Crippen LogP contribution in [0.3, 0.4) is 0 Å². The van der Waals surface area contributed by atoms with E-state index in [4.69, 9.17) is 10.8 Å². The zero-order chi connectivity index (χ0) is 12.4. The number of nitrogens with zero attached hydrogens (tertiary/aromatic N) is 1. The van der Waals surface area contributed by atoms with Gasteiger partial charge in [-0.25, -0.2) is 4.98 Å². The lowest BCUT2D eigenvalue weighted by Crippen LogP contribution is -2.14. The van der Waals surface area contributed by atoms with Crippen molar-refractivity contribution in [2.45, 2.75) is 19.9 Å². The van der Waals surface area contributed by atoms with Crippen molar-refractivity contribution in [3.8, 4) is 10.6 Å². The number of benzene rings is 1. The third-order valence-electron chi connectivity index (χ3n) is 2.71. The number of nitrogens with two attached hydrogens (primary N) is 1. The lowest BCUT2D eigenvalue weighted by atomic mass is 10.1. The summed E-state index contributed by atoms with van der Waals surface area (Å²) in [4.78, 5) is 4.48. The van der Waals surface area contributed by atoms with Gasteiger partial charge < -0.3 is 10.8 Å². The number of thiazole rings is 1. The van der Waals surface area contributed by atoms with Crippen molar-refractivity contribution in [2.24, 2.45) is 5.73 Å². The topological polar surface area (TPSA) is 59.1 Å². The highest BCUT2D eigenvalue weighted by molar-refractivity contribution is 7.13. The maximum absolute atomic E-state index is 9.00. The Balaban J connectivity index is 2.37. The van der Waals surface area contributed by atoms with Crippen LogP contribution < -0.4 is 5.73 Å². The molecule has 0 aliphatic carbocycles. The standard InChI is InChI=1S/C13H16N2OS/c1-8-3-4-10(9(2)5-8)13-15-12(7-17-13)11(14)6-16/h3-5,7,11,16H,6,14H2,1-2H3. The van der Waals surface area contributed by atoms with E-state index < -0.39 is 0 Å². The van der Waals surface area contributed by atoms with Crippen LogP contribution >= 0.6 is 11.3 Å². The van der Waals surface area contributed by atoms with Crippen LogP contribution in [0.5, 0.6) is 0 Å². The van der Waals surface area contributed by atoms with Gasteiger partial charge in [0.1, 0.15) is 5.01 Å². The Kier molecular flexibility index (Phi) is 3.57. The van der Waals surface area contributed by atoms with E-state index in [0.29, 0.717) is 0 Å². The van der Waals surface area contributed by atoms with Gasteiger partial charge in [-0.2, -0.15) is 0 Å². The second kappa shape index (κ2) is 4.96.